The van der Waals surface area contributed by atoms with Crippen molar-refractivity contribution in [2.75, 3.05) is 0 Å². The van der Waals surface area contributed by atoms with E-state index in [0.29, 0.717) is 5.56 Å². The number of pyridine rings is 1. The van der Waals surface area contributed by atoms with Gasteiger partial charge < -0.3 is 10.3 Å². The van der Waals surface area contributed by atoms with Gasteiger partial charge in [0.15, 0.2) is 0 Å². The van der Waals surface area contributed by atoms with Gasteiger partial charge in [0.05, 0.1) is 16.1 Å². The summed E-state index contributed by atoms with van der Waals surface area (Å²) in [6, 6.07) is 7.11. The topological polar surface area (TPSA) is 95.7 Å². The highest BCUT2D eigenvalue weighted by Gasteiger charge is 2.09. The minimum atomic E-state index is -0.756. The second-order valence-corrected chi connectivity index (χ2v) is 4.78. The quantitative estimate of drug-likeness (QED) is 0.848. The maximum Gasteiger partial charge on any atom is 0.252 e. The van der Waals surface area contributed by atoms with Crippen molar-refractivity contribution < 1.29 is 9.18 Å². The van der Waals surface area contributed by atoms with Crippen molar-refractivity contribution in [3.05, 3.63) is 63.5 Å². The minimum Gasteiger partial charge on any atom is -0.365 e. The van der Waals surface area contributed by atoms with Crippen LogP contribution in [0.1, 0.15) is 21.5 Å². The number of aromatic nitrogens is 1. The molecule has 1 amide bonds. The van der Waals surface area contributed by atoms with Crippen molar-refractivity contribution in [2.45, 2.75) is 6.54 Å². The van der Waals surface area contributed by atoms with Gasteiger partial charge in [-0.25, -0.2) is 4.39 Å². The van der Waals surface area contributed by atoms with Crippen LogP contribution in [0, 0.1) is 22.6 Å². The lowest BCUT2D eigenvalue weighted by Gasteiger charge is -2.10. The Morgan fingerprint density at radius 3 is 2.73 bits per heavy atom. The number of carbonyl (C=O) groups excluding carboxylic acids is 1. The summed E-state index contributed by atoms with van der Waals surface area (Å²) in [5.74, 6) is -1.37. The second kappa shape index (κ2) is 7.20. The molecule has 5 nitrogen and oxygen atoms in total. The van der Waals surface area contributed by atoms with Crippen LogP contribution >= 0.6 is 28.6 Å². The van der Waals surface area contributed by atoms with Gasteiger partial charge in [0.25, 0.3) is 5.91 Å². The number of amides is 1. The Hall–Kier alpha value is -2.17. The summed E-state index contributed by atoms with van der Waals surface area (Å²) in [6.45, 7) is 0.161. The third-order valence-corrected chi connectivity index (χ3v) is 3.08. The van der Waals surface area contributed by atoms with Crippen LogP contribution in [0.2, 0.25) is 5.02 Å². The van der Waals surface area contributed by atoms with Crippen LogP contribution in [0.15, 0.2) is 30.5 Å². The molecule has 0 unspecified atom stereocenters. The number of primary amides is 1. The zero-order valence-electron chi connectivity index (χ0n) is 11.1. The molecule has 0 radical (unpaired) electrons. The number of benzene rings is 1. The van der Waals surface area contributed by atoms with Gasteiger partial charge in [-0.2, -0.15) is 5.26 Å². The molecule has 1 heterocycles. The molecule has 1 aromatic carbocycles. The summed E-state index contributed by atoms with van der Waals surface area (Å²) < 4.78 is 14.7. The van der Waals surface area contributed by atoms with Crippen LogP contribution in [0.4, 0.5) is 4.39 Å². The average Bonchev–Trinajstić information content (AvgIpc) is 2.44. The molecule has 8 heteroatoms. The number of hydrogen-bond acceptors (Lipinski definition) is 3. The van der Waals surface area contributed by atoms with E-state index in [4.69, 9.17) is 28.0 Å². The zero-order valence-corrected chi connectivity index (χ0v) is 13.6. The molecule has 3 N–H and O–H groups in total. The maximum atomic E-state index is 13.3. The molecule has 0 aliphatic heterocycles. The molecular formula is C14H11BrClFN4O. The van der Waals surface area contributed by atoms with Crippen molar-refractivity contribution in [3.63, 3.8) is 0 Å². The molecule has 2 aromatic rings. The fraction of sp³-hybridized carbons (Fsp3) is 0.0714. The van der Waals surface area contributed by atoms with E-state index in [-0.39, 0.29) is 45.2 Å². The van der Waals surface area contributed by atoms with Gasteiger partial charge in [-0.15, -0.1) is 17.0 Å². The van der Waals surface area contributed by atoms with Crippen LogP contribution in [0.5, 0.6) is 0 Å². The predicted octanol–water partition coefficient (Wildman–Crippen LogP) is 2.36. The summed E-state index contributed by atoms with van der Waals surface area (Å²) in [7, 11) is 0. The number of hydrogen-bond donors (Lipinski definition) is 2. The number of nitrogens with two attached hydrogens (primary N) is 1. The number of nitrogens with zero attached hydrogens (tertiary/aromatic N) is 2. The number of carbonyl (C=O) groups is 1. The molecule has 0 aliphatic rings. The van der Waals surface area contributed by atoms with E-state index >= 15 is 0 Å². The van der Waals surface area contributed by atoms with E-state index in [1.807, 2.05) is 0 Å². The Morgan fingerprint density at radius 1 is 1.45 bits per heavy atom. The molecule has 114 valence electrons. The molecule has 1 aromatic heterocycles. The lowest BCUT2D eigenvalue weighted by molar-refractivity contribution is 0.0998. The van der Waals surface area contributed by atoms with Crippen molar-refractivity contribution in [1.82, 2.24) is 4.57 Å². The van der Waals surface area contributed by atoms with E-state index in [1.165, 1.54) is 35.0 Å². The molecule has 22 heavy (non-hydrogen) atoms. The highest BCUT2D eigenvalue weighted by molar-refractivity contribution is 8.93. The van der Waals surface area contributed by atoms with Gasteiger partial charge in [0.1, 0.15) is 17.4 Å². The molecular weight excluding hydrogens is 375 g/mol. The molecule has 0 saturated carbocycles. The number of halogens is 3. The van der Waals surface area contributed by atoms with Crippen molar-refractivity contribution >= 4 is 34.5 Å². The fourth-order valence-electron chi connectivity index (χ4n) is 1.88. The van der Waals surface area contributed by atoms with Crippen LogP contribution in [-0.2, 0) is 6.54 Å². The van der Waals surface area contributed by atoms with Gasteiger partial charge in [0, 0.05) is 12.7 Å². The SMILES string of the molecule is Br.N#Cc1cc(Cn2cc(Cl)cc(C(N)=O)c2=N)ccc1F. The molecule has 0 spiro atoms. The Labute approximate surface area is 141 Å². The van der Waals surface area contributed by atoms with Crippen molar-refractivity contribution in [3.8, 4) is 6.07 Å². The van der Waals surface area contributed by atoms with Gasteiger partial charge >= 0.3 is 0 Å². The van der Waals surface area contributed by atoms with Crippen molar-refractivity contribution in [2.24, 2.45) is 5.73 Å². The average molecular weight is 386 g/mol. The van der Waals surface area contributed by atoms with E-state index in [2.05, 4.69) is 0 Å². The largest absolute Gasteiger partial charge is 0.365 e. The zero-order chi connectivity index (χ0) is 15.6. The lowest BCUT2D eigenvalue weighted by Crippen LogP contribution is -2.29. The first-order valence-electron chi connectivity index (χ1n) is 5.85. The van der Waals surface area contributed by atoms with Crippen molar-refractivity contribution in [1.29, 1.82) is 10.7 Å². The lowest BCUT2D eigenvalue weighted by atomic mass is 10.1. The summed E-state index contributed by atoms with van der Waals surface area (Å²) >= 11 is 5.89. The first-order chi connectivity index (χ1) is 9.92. The Kier molecular flexibility index (Phi) is 5.85. The first kappa shape index (κ1) is 17.9. The van der Waals surface area contributed by atoms with E-state index in [9.17, 15) is 9.18 Å². The van der Waals surface area contributed by atoms with E-state index < -0.39 is 11.7 Å². The standard InChI is InChI=1S/C14H10ClFN4O.BrH/c15-10-4-11(14(19)21)13(18)20(7-10)6-8-1-2-12(16)9(3-8)5-17;/h1-4,7,18H,6H2,(H2,19,21);1H. The summed E-state index contributed by atoms with van der Waals surface area (Å²) in [6.07, 6.45) is 1.46. The summed E-state index contributed by atoms with van der Waals surface area (Å²) in [5, 5.41) is 17.0. The molecule has 0 fully saturated rings. The molecule has 0 atom stereocenters. The smallest absolute Gasteiger partial charge is 0.252 e. The first-order valence-corrected chi connectivity index (χ1v) is 6.23. The van der Waals surface area contributed by atoms with E-state index in [0.717, 1.165) is 0 Å². The van der Waals surface area contributed by atoms with Gasteiger partial charge in [0.2, 0.25) is 0 Å². The highest BCUT2D eigenvalue weighted by atomic mass is 79.9. The van der Waals surface area contributed by atoms with Gasteiger partial charge in [-0.05, 0) is 23.8 Å². The fourth-order valence-corrected chi connectivity index (χ4v) is 2.10. The maximum absolute atomic E-state index is 13.3. The molecule has 0 aliphatic carbocycles. The Morgan fingerprint density at radius 2 is 2.14 bits per heavy atom. The van der Waals surface area contributed by atoms with Gasteiger partial charge in [-0.3, -0.25) is 10.2 Å². The summed E-state index contributed by atoms with van der Waals surface area (Å²) in [5.41, 5.74) is 5.59. The highest BCUT2D eigenvalue weighted by Crippen LogP contribution is 2.12. The second-order valence-electron chi connectivity index (χ2n) is 4.34. The van der Waals surface area contributed by atoms with E-state index in [1.54, 1.807) is 6.07 Å². The van der Waals surface area contributed by atoms with Crippen LogP contribution < -0.4 is 11.2 Å². The molecule has 0 saturated heterocycles. The number of nitrogens with one attached hydrogen (secondary N) is 1. The Balaban J connectivity index is 0.00000242. The Bertz CT molecular complexity index is 829. The third kappa shape index (κ3) is 3.72. The third-order valence-electron chi connectivity index (χ3n) is 2.87. The molecule has 0 bridgehead atoms. The van der Waals surface area contributed by atoms with Crippen LogP contribution in [0.25, 0.3) is 0 Å². The van der Waals surface area contributed by atoms with Gasteiger partial charge in [-0.1, -0.05) is 17.7 Å². The summed E-state index contributed by atoms with van der Waals surface area (Å²) in [4.78, 5) is 11.3. The minimum absolute atomic E-state index is 0. The monoisotopic (exact) mass is 384 g/mol. The van der Waals surface area contributed by atoms with Crippen LogP contribution in [0.3, 0.4) is 0 Å². The van der Waals surface area contributed by atoms with Crippen LogP contribution in [-0.4, -0.2) is 10.5 Å². The number of nitriles is 1. The normalized spacial score (nSPS) is 9.68. The predicted molar refractivity (Wildman–Crippen MR) is 84.4 cm³/mol. The molecule has 2 rings (SSSR count). The number of rotatable bonds is 3.